The Balaban J connectivity index is 1.80. The number of amides is 1. The number of nitrogens with zero attached hydrogens (tertiary/aromatic N) is 2. The van der Waals surface area contributed by atoms with Gasteiger partial charge in [0.05, 0.1) is 0 Å². The third-order valence-electron chi connectivity index (χ3n) is 3.36. The number of benzene rings is 1. The molecule has 0 aliphatic heterocycles. The van der Waals surface area contributed by atoms with E-state index in [2.05, 4.69) is 26.2 Å². The van der Waals surface area contributed by atoms with E-state index >= 15 is 0 Å². The van der Waals surface area contributed by atoms with Crippen LogP contribution in [0, 0.1) is 6.92 Å². The van der Waals surface area contributed by atoms with Crippen LogP contribution < -0.4 is 5.32 Å². The normalized spacial score (nSPS) is 10.3. The summed E-state index contributed by atoms with van der Waals surface area (Å²) in [6.07, 6.45) is 2.19. The largest absolute Gasteiger partial charge is 0.369 e. The SMILES string of the molecule is Cc1cc(Br)cnc1NCCC(=O)N(C)Cc1ccccc1. The van der Waals surface area contributed by atoms with Crippen molar-refractivity contribution in [3.05, 3.63) is 58.2 Å². The van der Waals surface area contributed by atoms with Crippen molar-refractivity contribution < 1.29 is 4.79 Å². The number of aromatic nitrogens is 1. The van der Waals surface area contributed by atoms with Crippen molar-refractivity contribution in [2.45, 2.75) is 19.9 Å². The van der Waals surface area contributed by atoms with Gasteiger partial charge in [-0.05, 0) is 40.0 Å². The van der Waals surface area contributed by atoms with E-state index in [1.807, 2.05) is 50.4 Å². The third-order valence-corrected chi connectivity index (χ3v) is 3.80. The minimum Gasteiger partial charge on any atom is -0.369 e. The van der Waals surface area contributed by atoms with Crippen molar-refractivity contribution >= 4 is 27.7 Å². The van der Waals surface area contributed by atoms with Gasteiger partial charge in [0.15, 0.2) is 0 Å². The van der Waals surface area contributed by atoms with E-state index in [1.165, 1.54) is 0 Å². The first kappa shape index (κ1) is 16.5. The summed E-state index contributed by atoms with van der Waals surface area (Å²) < 4.78 is 0.953. The molecular weight excluding hydrogens is 342 g/mol. The van der Waals surface area contributed by atoms with Crippen molar-refractivity contribution in [1.82, 2.24) is 9.88 Å². The minimum absolute atomic E-state index is 0.117. The number of pyridine rings is 1. The highest BCUT2D eigenvalue weighted by Gasteiger charge is 2.09. The molecule has 0 atom stereocenters. The first-order chi connectivity index (χ1) is 10.6. The second-order valence-electron chi connectivity index (χ2n) is 5.23. The molecule has 0 saturated heterocycles. The number of nitrogens with one attached hydrogen (secondary N) is 1. The molecule has 0 aliphatic carbocycles. The quantitative estimate of drug-likeness (QED) is 0.854. The summed E-state index contributed by atoms with van der Waals surface area (Å²) >= 11 is 3.39. The van der Waals surface area contributed by atoms with Crippen molar-refractivity contribution in [2.75, 3.05) is 18.9 Å². The Kier molecular flexibility index (Phi) is 5.95. The van der Waals surface area contributed by atoms with Gasteiger partial charge in [0, 0.05) is 37.2 Å². The molecule has 0 aliphatic rings. The van der Waals surface area contributed by atoms with Gasteiger partial charge in [0.1, 0.15) is 5.82 Å². The van der Waals surface area contributed by atoms with Gasteiger partial charge >= 0.3 is 0 Å². The molecule has 116 valence electrons. The van der Waals surface area contributed by atoms with Crippen LogP contribution in [0.25, 0.3) is 0 Å². The molecule has 5 heteroatoms. The van der Waals surface area contributed by atoms with Crippen LogP contribution in [0.1, 0.15) is 17.5 Å². The van der Waals surface area contributed by atoms with E-state index in [0.29, 0.717) is 19.5 Å². The maximum Gasteiger partial charge on any atom is 0.224 e. The fourth-order valence-corrected chi connectivity index (χ4v) is 2.60. The lowest BCUT2D eigenvalue weighted by Crippen LogP contribution is -2.27. The second-order valence-corrected chi connectivity index (χ2v) is 6.15. The predicted octanol–water partition coefficient (Wildman–Crippen LogP) is 3.61. The first-order valence-electron chi connectivity index (χ1n) is 7.20. The van der Waals surface area contributed by atoms with E-state index in [1.54, 1.807) is 11.1 Å². The summed E-state index contributed by atoms with van der Waals surface area (Å²) in [6.45, 7) is 3.20. The molecular formula is C17H20BrN3O. The lowest BCUT2D eigenvalue weighted by atomic mass is 10.2. The van der Waals surface area contributed by atoms with Crippen LogP contribution >= 0.6 is 15.9 Å². The Morgan fingerprint density at radius 3 is 2.73 bits per heavy atom. The molecule has 1 aromatic heterocycles. The van der Waals surface area contributed by atoms with Crippen LogP contribution in [0.4, 0.5) is 5.82 Å². The molecule has 0 radical (unpaired) electrons. The fourth-order valence-electron chi connectivity index (χ4n) is 2.15. The highest BCUT2D eigenvalue weighted by Crippen LogP contribution is 2.16. The molecule has 4 nitrogen and oxygen atoms in total. The Hall–Kier alpha value is -1.88. The van der Waals surface area contributed by atoms with E-state index in [-0.39, 0.29) is 5.91 Å². The van der Waals surface area contributed by atoms with Crippen LogP contribution in [0.3, 0.4) is 0 Å². The molecule has 0 saturated carbocycles. The topological polar surface area (TPSA) is 45.2 Å². The fraction of sp³-hybridized carbons (Fsp3) is 0.294. The average Bonchev–Trinajstić information content (AvgIpc) is 2.50. The van der Waals surface area contributed by atoms with Gasteiger partial charge in [-0.25, -0.2) is 4.98 Å². The summed E-state index contributed by atoms with van der Waals surface area (Å²) in [5, 5.41) is 3.21. The number of hydrogen-bond acceptors (Lipinski definition) is 3. The van der Waals surface area contributed by atoms with Crippen molar-refractivity contribution in [2.24, 2.45) is 0 Å². The van der Waals surface area contributed by atoms with E-state index in [9.17, 15) is 4.79 Å². The molecule has 0 bridgehead atoms. The Bertz CT molecular complexity index is 631. The number of halogens is 1. The van der Waals surface area contributed by atoms with Crippen LogP contribution in [-0.2, 0) is 11.3 Å². The van der Waals surface area contributed by atoms with Gasteiger partial charge < -0.3 is 10.2 Å². The van der Waals surface area contributed by atoms with Gasteiger partial charge in [-0.2, -0.15) is 0 Å². The van der Waals surface area contributed by atoms with E-state index in [0.717, 1.165) is 21.4 Å². The molecule has 2 rings (SSSR count). The second kappa shape index (κ2) is 7.94. The molecule has 0 spiro atoms. The molecule has 1 heterocycles. The smallest absolute Gasteiger partial charge is 0.224 e. The average molecular weight is 362 g/mol. The standard InChI is InChI=1S/C17H20BrN3O/c1-13-10-15(18)11-20-17(13)19-9-8-16(22)21(2)12-14-6-4-3-5-7-14/h3-7,10-11H,8-9,12H2,1-2H3,(H,19,20). The van der Waals surface area contributed by atoms with Crippen molar-refractivity contribution in [3.63, 3.8) is 0 Å². The third kappa shape index (κ3) is 4.84. The number of carbonyl (C=O) groups excluding carboxylic acids is 1. The Morgan fingerprint density at radius 1 is 1.32 bits per heavy atom. The van der Waals surface area contributed by atoms with E-state index < -0.39 is 0 Å². The van der Waals surface area contributed by atoms with E-state index in [4.69, 9.17) is 0 Å². The molecule has 1 N–H and O–H groups in total. The maximum absolute atomic E-state index is 12.1. The first-order valence-corrected chi connectivity index (χ1v) is 7.99. The van der Waals surface area contributed by atoms with Crippen LogP contribution in [0.2, 0.25) is 0 Å². The highest BCUT2D eigenvalue weighted by atomic mass is 79.9. The van der Waals surface area contributed by atoms with Gasteiger partial charge in [-0.15, -0.1) is 0 Å². The summed E-state index contributed by atoms with van der Waals surface area (Å²) in [6, 6.07) is 12.0. The number of carbonyl (C=O) groups is 1. The van der Waals surface area contributed by atoms with Crippen molar-refractivity contribution in [3.8, 4) is 0 Å². The Morgan fingerprint density at radius 2 is 2.05 bits per heavy atom. The molecule has 2 aromatic rings. The molecule has 0 fully saturated rings. The van der Waals surface area contributed by atoms with Crippen LogP contribution in [0.5, 0.6) is 0 Å². The number of anilines is 1. The number of aryl methyl sites for hydroxylation is 1. The van der Waals surface area contributed by atoms with Crippen LogP contribution in [-0.4, -0.2) is 29.4 Å². The zero-order chi connectivity index (χ0) is 15.9. The molecule has 1 aromatic carbocycles. The molecule has 1 amide bonds. The van der Waals surface area contributed by atoms with Gasteiger partial charge in [0.25, 0.3) is 0 Å². The minimum atomic E-state index is 0.117. The molecule has 22 heavy (non-hydrogen) atoms. The van der Waals surface area contributed by atoms with Gasteiger partial charge in [-0.3, -0.25) is 4.79 Å². The van der Waals surface area contributed by atoms with Gasteiger partial charge in [-0.1, -0.05) is 30.3 Å². The number of rotatable bonds is 6. The molecule has 0 unspecified atom stereocenters. The van der Waals surface area contributed by atoms with Gasteiger partial charge in [0.2, 0.25) is 5.91 Å². The zero-order valence-electron chi connectivity index (χ0n) is 12.8. The predicted molar refractivity (Wildman–Crippen MR) is 92.7 cm³/mol. The maximum atomic E-state index is 12.1. The lowest BCUT2D eigenvalue weighted by molar-refractivity contribution is -0.130. The summed E-state index contributed by atoms with van der Waals surface area (Å²) in [5.74, 6) is 0.938. The van der Waals surface area contributed by atoms with Crippen LogP contribution in [0.15, 0.2) is 47.1 Å². The van der Waals surface area contributed by atoms with Crippen molar-refractivity contribution in [1.29, 1.82) is 0 Å². The summed E-state index contributed by atoms with van der Waals surface area (Å²) in [7, 11) is 1.83. The summed E-state index contributed by atoms with van der Waals surface area (Å²) in [4.78, 5) is 18.2. The Labute approximate surface area is 139 Å². The monoisotopic (exact) mass is 361 g/mol. The highest BCUT2D eigenvalue weighted by molar-refractivity contribution is 9.10. The zero-order valence-corrected chi connectivity index (χ0v) is 14.4. The summed E-state index contributed by atoms with van der Waals surface area (Å²) in [5.41, 5.74) is 2.19. The number of hydrogen-bond donors (Lipinski definition) is 1. The lowest BCUT2D eigenvalue weighted by Gasteiger charge is -2.17.